The highest BCUT2D eigenvalue weighted by Crippen LogP contribution is 2.23. The summed E-state index contributed by atoms with van der Waals surface area (Å²) in [5, 5.41) is 5.02. The Hall–Kier alpha value is -2.47. The Balaban J connectivity index is 2.06. The number of aromatic amines is 1. The lowest BCUT2D eigenvalue weighted by atomic mass is 10.2. The second kappa shape index (κ2) is 4.28. The molecule has 0 saturated heterocycles. The summed E-state index contributed by atoms with van der Waals surface area (Å²) < 4.78 is 7.56. The number of H-pyrrole nitrogens is 1. The Kier molecular flexibility index (Phi) is 2.43. The van der Waals surface area contributed by atoms with E-state index in [1.807, 2.05) is 41.1 Å². The van der Waals surface area contributed by atoms with Gasteiger partial charge in [0, 0.05) is 11.5 Å². The van der Waals surface area contributed by atoms with Gasteiger partial charge < -0.3 is 14.1 Å². The summed E-state index contributed by atoms with van der Waals surface area (Å²) in [7, 11) is 0. The lowest BCUT2D eigenvalue weighted by Gasteiger charge is -2.04. The van der Waals surface area contributed by atoms with Crippen LogP contribution >= 0.6 is 12.2 Å². The third-order valence-electron chi connectivity index (χ3n) is 3.32. The molecule has 0 unspecified atom stereocenters. The molecule has 1 aromatic carbocycles. The van der Waals surface area contributed by atoms with Crippen molar-refractivity contribution in [2.24, 2.45) is 0 Å². The molecule has 20 heavy (non-hydrogen) atoms. The molecule has 4 rings (SSSR count). The number of aromatic nitrogens is 4. The molecule has 0 fully saturated rings. The molecule has 0 aliphatic rings. The first-order chi connectivity index (χ1) is 9.83. The Morgan fingerprint density at radius 2 is 2.15 bits per heavy atom. The third kappa shape index (κ3) is 1.65. The van der Waals surface area contributed by atoms with Crippen molar-refractivity contribution in [1.82, 2.24) is 19.7 Å². The zero-order valence-electron chi connectivity index (χ0n) is 10.4. The SMILES string of the molecule is S=c1[nH]c2cnc3ccccc3c2n1Cc1ccon1. The van der Waals surface area contributed by atoms with Gasteiger partial charge in [-0.15, -0.1) is 0 Å². The van der Waals surface area contributed by atoms with Crippen molar-refractivity contribution >= 4 is 34.2 Å². The van der Waals surface area contributed by atoms with Crippen LogP contribution in [0.2, 0.25) is 0 Å². The molecular formula is C14H10N4OS. The van der Waals surface area contributed by atoms with Crippen LogP contribution in [0.1, 0.15) is 5.69 Å². The van der Waals surface area contributed by atoms with Gasteiger partial charge in [-0.25, -0.2) is 0 Å². The lowest BCUT2D eigenvalue weighted by Crippen LogP contribution is -2.00. The summed E-state index contributed by atoms with van der Waals surface area (Å²) in [5.41, 5.74) is 3.76. The summed E-state index contributed by atoms with van der Waals surface area (Å²) in [4.78, 5) is 7.62. The first kappa shape index (κ1) is 11.4. The predicted octanol–water partition coefficient (Wildman–Crippen LogP) is 3.28. The van der Waals surface area contributed by atoms with Crippen molar-refractivity contribution < 1.29 is 4.52 Å². The Morgan fingerprint density at radius 3 is 3.00 bits per heavy atom. The van der Waals surface area contributed by atoms with E-state index in [1.54, 1.807) is 6.26 Å². The smallest absolute Gasteiger partial charge is 0.178 e. The molecule has 0 bridgehead atoms. The summed E-state index contributed by atoms with van der Waals surface area (Å²) in [5.74, 6) is 0. The minimum absolute atomic E-state index is 0.573. The third-order valence-corrected chi connectivity index (χ3v) is 3.64. The molecule has 1 N–H and O–H groups in total. The molecule has 5 nitrogen and oxygen atoms in total. The second-order valence-electron chi connectivity index (χ2n) is 4.54. The molecule has 0 atom stereocenters. The average molecular weight is 282 g/mol. The number of benzene rings is 1. The molecule has 0 aliphatic carbocycles. The van der Waals surface area contributed by atoms with E-state index in [-0.39, 0.29) is 0 Å². The van der Waals surface area contributed by atoms with Gasteiger partial charge in [0.25, 0.3) is 0 Å². The number of para-hydroxylation sites is 1. The zero-order valence-corrected chi connectivity index (χ0v) is 11.2. The van der Waals surface area contributed by atoms with E-state index < -0.39 is 0 Å². The molecule has 3 aromatic heterocycles. The van der Waals surface area contributed by atoms with Gasteiger partial charge in [0.2, 0.25) is 0 Å². The number of nitrogens with one attached hydrogen (secondary N) is 1. The first-order valence-electron chi connectivity index (χ1n) is 6.18. The first-order valence-corrected chi connectivity index (χ1v) is 6.59. The van der Waals surface area contributed by atoms with Crippen LogP contribution in [-0.4, -0.2) is 19.7 Å². The Bertz CT molecular complexity index is 952. The Labute approximate surface area is 118 Å². The predicted molar refractivity (Wildman–Crippen MR) is 78.0 cm³/mol. The number of pyridine rings is 1. The van der Waals surface area contributed by atoms with Crippen molar-refractivity contribution in [3.8, 4) is 0 Å². The minimum Gasteiger partial charge on any atom is -0.364 e. The number of hydrogen-bond acceptors (Lipinski definition) is 4. The molecule has 0 radical (unpaired) electrons. The average Bonchev–Trinajstić information content (AvgIpc) is 3.08. The second-order valence-corrected chi connectivity index (χ2v) is 4.93. The van der Waals surface area contributed by atoms with Crippen molar-refractivity contribution in [2.45, 2.75) is 6.54 Å². The highest BCUT2D eigenvalue weighted by molar-refractivity contribution is 7.71. The quantitative estimate of drug-likeness (QED) is 0.573. The lowest BCUT2D eigenvalue weighted by molar-refractivity contribution is 0.410. The van der Waals surface area contributed by atoms with Crippen molar-refractivity contribution in [2.75, 3.05) is 0 Å². The van der Waals surface area contributed by atoms with Crippen molar-refractivity contribution in [3.63, 3.8) is 0 Å². The minimum atomic E-state index is 0.573. The van der Waals surface area contributed by atoms with E-state index in [1.165, 1.54) is 0 Å². The number of hydrogen-bond donors (Lipinski definition) is 1. The molecule has 0 spiro atoms. The standard InChI is InChI=1S/C14H10N4OS/c20-14-16-12-7-15-11-4-2-1-3-10(11)13(12)18(14)8-9-5-6-19-17-9/h1-7H,8H2,(H,16,20). The van der Waals surface area contributed by atoms with Gasteiger partial charge in [0.15, 0.2) is 4.77 Å². The molecule has 98 valence electrons. The molecule has 0 aliphatic heterocycles. The zero-order chi connectivity index (χ0) is 13.5. The Morgan fingerprint density at radius 1 is 1.25 bits per heavy atom. The van der Waals surface area contributed by atoms with Crippen LogP contribution in [-0.2, 0) is 6.54 Å². The van der Waals surface area contributed by atoms with Crippen LogP contribution in [0.15, 0.2) is 47.3 Å². The fraction of sp³-hybridized carbons (Fsp3) is 0.0714. The number of nitrogens with zero attached hydrogens (tertiary/aromatic N) is 3. The molecule has 6 heteroatoms. The largest absolute Gasteiger partial charge is 0.364 e. The van der Waals surface area contributed by atoms with E-state index in [0.29, 0.717) is 11.3 Å². The van der Waals surface area contributed by atoms with Crippen molar-refractivity contribution in [1.29, 1.82) is 0 Å². The highest BCUT2D eigenvalue weighted by Gasteiger charge is 2.10. The summed E-state index contributed by atoms with van der Waals surface area (Å²) in [6.45, 7) is 0.573. The fourth-order valence-electron chi connectivity index (χ4n) is 2.43. The van der Waals surface area contributed by atoms with E-state index in [4.69, 9.17) is 16.7 Å². The van der Waals surface area contributed by atoms with E-state index in [9.17, 15) is 0 Å². The van der Waals surface area contributed by atoms with E-state index >= 15 is 0 Å². The molecule has 3 heterocycles. The van der Waals surface area contributed by atoms with Crippen LogP contribution in [0.25, 0.3) is 21.9 Å². The fourth-order valence-corrected chi connectivity index (χ4v) is 2.69. The van der Waals surface area contributed by atoms with Gasteiger partial charge in [-0.2, -0.15) is 0 Å². The molecule has 0 saturated carbocycles. The van der Waals surface area contributed by atoms with Gasteiger partial charge in [-0.05, 0) is 18.3 Å². The maximum atomic E-state index is 5.41. The molecular weight excluding hydrogens is 272 g/mol. The van der Waals surface area contributed by atoms with Gasteiger partial charge in [0.05, 0.1) is 29.3 Å². The topological polar surface area (TPSA) is 59.6 Å². The maximum Gasteiger partial charge on any atom is 0.178 e. The molecule has 4 aromatic rings. The number of rotatable bonds is 2. The van der Waals surface area contributed by atoms with Crippen LogP contribution < -0.4 is 0 Å². The van der Waals surface area contributed by atoms with Gasteiger partial charge >= 0.3 is 0 Å². The van der Waals surface area contributed by atoms with E-state index in [0.717, 1.165) is 27.6 Å². The number of imidazole rings is 1. The molecule has 0 amide bonds. The van der Waals surface area contributed by atoms with Gasteiger partial charge in [-0.1, -0.05) is 23.4 Å². The van der Waals surface area contributed by atoms with Crippen LogP contribution in [0.3, 0.4) is 0 Å². The summed E-state index contributed by atoms with van der Waals surface area (Å²) in [6.07, 6.45) is 3.38. The van der Waals surface area contributed by atoms with Crippen LogP contribution in [0, 0.1) is 4.77 Å². The summed E-state index contributed by atoms with van der Waals surface area (Å²) in [6, 6.07) is 9.85. The van der Waals surface area contributed by atoms with Crippen LogP contribution in [0.4, 0.5) is 0 Å². The number of fused-ring (bicyclic) bond motifs is 3. The van der Waals surface area contributed by atoms with Gasteiger partial charge in [-0.3, -0.25) is 4.98 Å². The van der Waals surface area contributed by atoms with Crippen molar-refractivity contribution in [3.05, 3.63) is 53.3 Å². The summed E-state index contributed by atoms with van der Waals surface area (Å²) >= 11 is 5.41. The van der Waals surface area contributed by atoms with E-state index in [2.05, 4.69) is 15.1 Å². The maximum absolute atomic E-state index is 5.41. The van der Waals surface area contributed by atoms with Gasteiger partial charge in [0.1, 0.15) is 12.0 Å². The monoisotopic (exact) mass is 282 g/mol. The van der Waals surface area contributed by atoms with Crippen LogP contribution in [0.5, 0.6) is 0 Å². The highest BCUT2D eigenvalue weighted by atomic mass is 32.1. The normalized spacial score (nSPS) is 11.4.